The summed E-state index contributed by atoms with van der Waals surface area (Å²) in [5.74, 6) is 4.33. The van der Waals surface area contributed by atoms with E-state index in [1.165, 1.54) is 44.9 Å². The molecule has 0 unspecified atom stereocenters. The average Bonchev–Trinajstić information content (AvgIpc) is 2.82. The van der Waals surface area contributed by atoms with Crippen LogP contribution in [0.5, 0.6) is 0 Å². The van der Waals surface area contributed by atoms with Gasteiger partial charge >= 0.3 is 0 Å². The van der Waals surface area contributed by atoms with E-state index in [2.05, 4.69) is 11.8 Å². The van der Waals surface area contributed by atoms with Crippen LogP contribution >= 0.6 is 0 Å². The highest BCUT2D eigenvalue weighted by molar-refractivity contribution is 5.07. The third-order valence-corrected chi connectivity index (χ3v) is 8.06. The molecule has 0 radical (unpaired) electrons. The average molecular weight is 287 g/mol. The highest BCUT2D eigenvalue weighted by Crippen LogP contribution is 2.62. The van der Waals surface area contributed by atoms with Gasteiger partial charge in [0.1, 0.15) is 0 Å². The molecule has 116 valence electrons. The standard InChI is InChI=1S/C19H29NO/c1-19-10-9-15-14-6-4-13(20-2)11-12(14)3-5-16(15)17(19)7-8-18(19)21/h12-18,21H,3-11H2,1H3/t12-,13-,14-,15+,16+,17-,18-,19-/m0/s1. The van der Waals surface area contributed by atoms with Crippen molar-refractivity contribution in [2.24, 2.45) is 35.0 Å². The summed E-state index contributed by atoms with van der Waals surface area (Å²) in [5, 5.41) is 10.4. The third-order valence-electron chi connectivity index (χ3n) is 8.06. The van der Waals surface area contributed by atoms with Crippen LogP contribution in [0.4, 0.5) is 0 Å². The largest absolute Gasteiger partial charge is 0.393 e. The minimum absolute atomic E-state index is 0.0426. The van der Waals surface area contributed by atoms with E-state index < -0.39 is 0 Å². The van der Waals surface area contributed by atoms with Crippen LogP contribution in [-0.4, -0.2) is 17.3 Å². The molecular formula is C19H29NO. The number of aliphatic hydroxyl groups is 1. The van der Waals surface area contributed by atoms with Gasteiger partial charge in [0.2, 0.25) is 6.04 Å². The number of fused-ring (bicyclic) bond motifs is 5. The Morgan fingerprint density at radius 1 is 0.952 bits per heavy atom. The molecule has 4 aliphatic rings. The SMILES string of the molecule is [C-]#[N+][C@H]1CC[C@H]2[C@@H](CC[C@@H]3[C@@H]2CC[C@]2(C)[C@@H](O)CC[C@@H]32)C1. The second-order valence-electron chi connectivity index (χ2n) is 8.67. The maximum atomic E-state index is 10.4. The molecule has 4 fully saturated rings. The maximum Gasteiger partial charge on any atom is 0.224 e. The minimum atomic E-state index is -0.0426. The lowest BCUT2D eigenvalue weighted by molar-refractivity contribution is -0.0813. The Kier molecular flexibility index (Phi) is 3.34. The Labute approximate surface area is 129 Å². The predicted molar refractivity (Wildman–Crippen MR) is 83.5 cm³/mol. The van der Waals surface area contributed by atoms with Crippen LogP contribution in [-0.2, 0) is 0 Å². The van der Waals surface area contributed by atoms with Gasteiger partial charge in [-0.25, -0.2) is 6.57 Å². The van der Waals surface area contributed by atoms with Crippen molar-refractivity contribution in [3.63, 3.8) is 0 Å². The van der Waals surface area contributed by atoms with E-state index in [1.54, 1.807) is 0 Å². The van der Waals surface area contributed by atoms with Gasteiger partial charge in [-0.15, -0.1) is 0 Å². The molecule has 2 nitrogen and oxygen atoms in total. The van der Waals surface area contributed by atoms with Crippen molar-refractivity contribution in [3.8, 4) is 0 Å². The molecule has 2 heteroatoms. The molecule has 4 aliphatic carbocycles. The Morgan fingerprint density at radius 2 is 1.76 bits per heavy atom. The molecular weight excluding hydrogens is 258 g/mol. The van der Waals surface area contributed by atoms with Gasteiger partial charge in [0.25, 0.3) is 0 Å². The van der Waals surface area contributed by atoms with E-state index >= 15 is 0 Å². The quantitative estimate of drug-likeness (QED) is 0.660. The summed E-state index contributed by atoms with van der Waals surface area (Å²) in [5.41, 5.74) is 0.224. The van der Waals surface area contributed by atoms with Crippen LogP contribution in [0, 0.1) is 41.6 Å². The zero-order valence-electron chi connectivity index (χ0n) is 13.3. The van der Waals surface area contributed by atoms with Crippen molar-refractivity contribution in [2.45, 2.75) is 76.9 Å². The van der Waals surface area contributed by atoms with Crippen molar-refractivity contribution in [1.29, 1.82) is 0 Å². The number of aliphatic hydroxyl groups excluding tert-OH is 1. The van der Waals surface area contributed by atoms with Crippen molar-refractivity contribution in [2.75, 3.05) is 0 Å². The van der Waals surface area contributed by atoms with Crippen LogP contribution in [0.15, 0.2) is 0 Å². The molecule has 0 amide bonds. The first-order valence-corrected chi connectivity index (χ1v) is 9.18. The van der Waals surface area contributed by atoms with Crippen LogP contribution < -0.4 is 0 Å². The molecule has 0 aromatic rings. The molecule has 8 atom stereocenters. The van der Waals surface area contributed by atoms with Crippen molar-refractivity contribution in [3.05, 3.63) is 11.4 Å². The first kappa shape index (κ1) is 14.1. The number of rotatable bonds is 0. The summed E-state index contributed by atoms with van der Waals surface area (Å²) < 4.78 is 0. The number of hydrogen-bond acceptors (Lipinski definition) is 1. The molecule has 4 saturated carbocycles. The fourth-order valence-electron chi connectivity index (χ4n) is 6.92. The maximum absolute atomic E-state index is 10.4. The van der Waals surface area contributed by atoms with Gasteiger partial charge in [0.15, 0.2) is 0 Å². The van der Waals surface area contributed by atoms with E-state index in [1.807, 2.05) is 0 Å². The topological polar surface area (TPSA) is 24.6 Å². The first-order chi connectivity index (χ1) is 10.1. The summed E-state index contributed by atoms with van der Waals surface area (Å²) in [6.07, 6.45) is 11.2. The van der Waals surface area contributed by atoms with Gasteiger partial charge in [-0.2, -0.15) is 0 Å². The van der Waals surface area contributed by atoms with Gasteiger partial charge in [-0.1, -0.05) is 6.92 Å². The summed E-state index contributed by atoms with van der Waals surface area (Å²) >= 11 is 0. The fraction of sp³-hybridized carbons (Fsp3) is 0.947. The van der Waals surface area contributed by atoms with Gasteiger partial charge < -0.3 is 9.95 Å². The zero-order valence-corrected chi connectivity index (χ0v) is 13.3. The summed E-state index contributed by atoms with van der Waals surface area (Å²) in [6, 6.07) is 0.324. The number of nitrogens with zero attached hydrogens (tertiary/aromatic N) is 1. The molecule has 0 aliphatic heterocycles. The molecule has 1 N–H and O–H groups in total. The Morgan fingerprint density at radius 3 is 2.57 bits per heavy atom. The lowest BCUT2D eigenvalue weighted by atomic mass is 9.50. The van der Waals surface area contributed by atoms with Gasteiger partial charge in [-0.3, -0.25) is 0 Å². The second kappa shape index (κ2) is 4.98. The smallest absolute Gasteiger partial charge is 0.224 e. The van der Waals surface area contributed by atoms with Gasteiger partial charge in [0, 0.05) is 12.8 Å². The van der Waals surface area contributed by atoms with E-state index in [0.717, 1.165) is 42.4 Å². The first-order valence-electron chi connectivity index (χ1n) is 9.18. The molecule has 21 heavy (non-hydrogen) atoms. The normalized spacial score (nSPS) is 56.0. The molecule has 0 aromatic heterocycles. The molecule has 0 bridgehead atoms. The number of hydrogen-bond donors (Lipinski definition) is 1. The summed E-state index contributed by atoms with van der Waals surface area (Å²) in [7, 11) is 0. The summed E-state index contributed by atoms with van der Waals surface area (Å²) in [6.45, 7) is 9.70. The van der Waals surface area contributed by atoms with Crippen molar-refractivity contribution >= 4 is 0 Å². The lowest BCUT2D eigenvalue weighted by Gasteiger charge is -2.55. The Bertz CT molecular complexity index is 455. The van der Waals surface area contributed by atoms with E-state index in [0.29, 0.717) is 6.04 Å². The summed E-state index contributed by atoms with van der Waals surface area (Å²) in [4.78, 5) is 3.83. The van der Waals surface area contributed by atoms with Crippen molar-refractivity contribution in [1.82, 2.24) is 0 Å². The Balaban J connectivity index is 1.54. The van der Waals surface area contributed by atoms with Crippen LogP contribution in [0.25, 0.3) is 4.85 Å². The third kappa shape index (κ3) is 2.00. The molecule has 0 spiro atoms. The van der Waals surface area contributed by atoms with E-state index in [9.17, 15) is 5.11 Å². The Hall–Kier alpha value is -0.550. The molecule has 0 heterocycles. The van der Waals surface area contributed by atoms with Crippen molar-refractivity contribution < 1.29 is 5.11 Å². The second-order valence-corrected chi connectivity index (χ2v) is 8.67. The van der Waals surface area contributed by atoms with E-state index in [-0.39, 0.29) is 11.5 Å². The monoisotopic (exact) mass is 287 g/mol. The minimum Gasteiger partial charge on any atom is -0.393 e. The molecule has 4 rings (SSSR count). The molecule has 0 saturated heterocycles. The van der Waals surface area contributed by atoms with Gasteiger partial charge in [0.05, 0.1) is 6.10 Å². The highest BCUT2D eigenvalue weighted by Gasteiger charge is 2.56. The lowest BCUT2D eigenvalue weighted by Crippen LogP contribution is -2.49. The van der Waals surface area contributed by atoms with Crippen LogP contribution in [0.2, 0.25) is 0 Å². The fourth-order valence-corrected chi connectivity index (χ4v) is 6.92. The predicted octanol–water partition coefficient (Wildman–Crippen LogP) is 4.29. The van der Waals surface area contributed by atoms with Crippen LogP contribution in [0.1, 0.15) is 64.7 Å². The molecule has 0 aromatic carbocycles. The van der Waals surface area contributed by atoms with Gasteiger partial charge in [-0.05, 0) is 80.0 Å². The highest BCUT2D eigenvalue weighted by atomic mass is 16.3. The van der Waals surface area contributed by atoms with Crippen LogP contribution in [0.3, 0.4) is 0 Å². The van der Waals surface area contributed by atoms with E-state index in [4.69, 9.17) is 6.57 Å². The zero-order chi connectivity index (χ0) is 14.6.